The maximum Gasteiger partial charge on any atom is 0.163 e. The number of benzene rings is 1. The molecule has 0 aromatic heterocycles. The van der Waals surface area contributed by atoms with E-state index in [-0.39, 0.29) is 6.04 Å². The summed E-state index contributed by atoms with van der Waals surface area (Å²) in [6, 6.07) is 2.93. The normalized spacial score (nSPS) is 18.2. The van der Waals surface area contributed by atoms with Crippen LogP contribution in [0.3, 0.4) is 0 Å². The zero-order chi connectivity index (χ0) is 14.5. The summed E-state index contributed by atoms with van der Waals surface area (Å²) >= 11 is 0. The number of rotatable bonds is 5. The number of halogens is 2. The van der Waals surface area contributed by atoms with Gasteiger partial charge in [0.25, 0.3) is 0 Å². The van der Waals surface area contributed by atoms with Gasteiger partial charge < -0.3 is 0 Å². The van der Waals surface area contributed by atoms with Gasteiger partial charge in [0.1, 0.15) is 0 Å². The second-order valence-electron chi connectivity index (χ2n) is 5.90. The van der Waals surface area contributed by atoms with Crippen molar-refractivity contribution >= 4 is 0 Å². The molecule has 1 fully saturated rings. The Balaban J connectivity index is 2.02. The Morgan fingerprint density at radius 1 is 1.20 bits per heavy atom. The van der Waals surface area contributed by atoms with Gasteiger partial charge in [0, 0.05) is 11.6 Å². The van der Waals surface area contributed by atoms with Crippen molar-refractivity contribution in [1.29, 1.82) is 0 Å². The lowest BCUT2D eigenvalue weighted by molar-refractivity contribution is 0.312. The van der Waals surface area contributed by atoms with E-state index in [1.807, 2.05) is 0 Å². The maximum atomic E-state index is 14.0. The Labute approximate surface area is 119 Å². The van der Waals surface area contributed by atoms with E-state index in [1.165, 1.54) is 32.1 Å². The van der Waals surface area contributed by atoms with Crippen LogP contribution in [0.1, 0.15) is 62.1 Å². The van der Waals surface area contributed by atoms with Crippen molar-refractivity contribution in [3.05, 3.63) is 34.9 Å². The number of nitrogens with one attached hydrogen (secondary N) is 1. The largest absolute Gasteiger partial charge is 0.271 e. The molecule has 1 aliphatic carbocycles. The standard InChI is InChI=1S/C16H24F2N2/c1-11-7-9-13(16(18)15(11)17)14(20-19)10-8-12-5-3-2-4-6-12/h7,9,12,14,20H,2-6,8,10,19H2,1H3. The highest BCUT2D eigenvalue weighted by atomic mass is 19.2. The molecule has 4 heteroatoms. The summed E-state index contributed by atoms with van der Waals surface area (Å²) in [7, 11) is 0. The fourth-order valence-corrected chi connectivity index (χ4v) is 3.14. The highest BCUT2D eigenvalue weighted by Gasteiger charge is 2.21. The molecule has 0 spiro atoms. The van der Waals surface area contributed by atoms with E-state index in [0.717, 1.165) is 12.8 Å². The number of hydrogen-bond donors (Lipinski definition) is 2. The van der Waals surface area contributed by atoms with Crippen LogP contribution < -0.4 is 11.3 Å². The van der Waals surface area contributed by atoms with Gasteiger partial charge in [0.2, 0.25) is 0 Å². The monoisotopic (exact) mass is 282 g/mol. The Hall–Kier alpha value is -1.00. The van der Waals surface area contributed by atoms with Gasteiger partial charge in [-0.2, -0.15) is 0 Å². The molecule has 0 saturated heterocycles. The summed E-state index contributed by atoms with van der Waals surface area (Å²) in [5.41, 5.74) is 3.31. The zero-order valence-electron chi connectivity index (χ0n) is 12.1. The summed E-state index contributed by atoms with van der Waals surface area (Å²) < 4.78 is 27.6. The first-order chi connectivity index (χ1) is 9.63. The highest BCUT2D eigenvalue weighted by Crippen LogP contribution is 2.31. The smallest absolute Gasteiger partial charge is 0.163 e. The van der Waals surface area contributed by atoms with Crippen LogP contribution in [0.4, 0.5) is 8.78 Å². The number of nitrogens with two attached hydrogens (primary N) is 1. The zero-order valence-corrected chi connectivity index (χ0v) is 12.1. The van der Waals surface area contributed by atoms with E-state index >= 15 is 0 Å². The molecule has 112 valence electrons. The van der Waals surface area contributed by atoms with Crippen LogP contribution in [-0.2, 0) is 0 Å². The first-order valence-electron chi connectivity index (χ1n) is 7.54. The molecule has 2 rings (SSSR count). The van der Waals surface area contributed by atoms with Crippen LogP contribution in [-0.4, -0.2) is 0 Å². The van der Waals surface area contributed by atoms with Gasteiger partial charge in [-0.15, -0.1) is 0 Å². The molecule has 1 atom stereocenters. The number of aryl methyl sites for hydroxylation is 1. The van der Waals surface area contributed by atoms with Gasteiger partial charge in [0.05, 0.1) is 0 Å². The van der Waals surface area contributed by atoms with Crippen LogP contribution in [0.5, 0.6) is 0 Å². The van der Waals surface area contributed by atoms with Gasteiger partial charge in [0.15, 0.2) is 11.6 Å². The van der Waals surface area contributed by atoms with E-state index in [9.17, 15) is 8.78 Å². The van der Waals surface area contributed by atoms with Gasteiger partial charge >= 0.3 is 0 Å². The predicted molar refractivity (Wildman–Crippen MR) is 77.0 cm³/mol. The predicted octanol–water partition coefficient (Wildman–Crippen LogP) is 4.14. The lowest BCUT2D eigenvalue weighted by Crippen LogP contribution is -2.29. The molecule has 1 aromatic carbocycles. The van der Waals surface area contributed by atoms with Crippen molar-refractivity contribution in [3.63, 3.8) is 0 Å². The lowest BCUT2D eigenvalue weighted by Gasteiger charge is -2.24. The lowest BCUT2D eigenvalue weighted by atomic mass is 9.84. The van der Waals surface area contributed by atoms with Gasteiger partial charge in [-0.25, -0.2) is 8.78 Å². The Morgan fingerprint density at radius 3 is 2.55 bits per heavy atom. The summed E-state index contributed by atoms with van der Waals surface area (Å²) in [5, 5.41) is 0. The summed E-state index contributed by atoms with van der Waals surface area (Å²) in [4.78, 5) is 0. The van der Waals surface area contributed by atoms with E-state index < -0.39 is 11.6 Å². The summed E-state index contributed by atoms with van der Waals surface area (Å²) in [6.45, 7) is 1.56. The number of hydrogen-bond acceptors (Lipinski definition) is 2. The van der Waals surface area contributed by atoms with Crippen LogP contribution in [0.15, 0.2) is 12.1 Å². The third-order valence-corrected chi connectivity index (χ3v) is 4.47. The molecule has 0 amide bonds. The molecule has 1 aliphatic rings. The van der Waals surface area contributed by atoms with Crippen LogP contribution in [0.2, 0.25) is 0 Å². The fourth-order valence-electron chi connectivity index (χ4n) is 3.14. The Kier molecular flexibility index (Phi) is 5.49. The average molecular weight is 282 g/mol. The van der Waals surface area contributed by atoms with Crippen molar-refractivity contribution in [1.82, 2.24) is 5.43 Å². The molecule has 1 aromatic rings. The average Bonchev–Trinajstić information content (AvgIpc) is 2.48. The SMILES string of the molecule is Cc1ccc(C(CCC2CCCCC2)NN)c(F)c1F. The molecule has 0 radical (unpaired) electrons. The molecular formula is C16H24F2N2. The first-order valence-corrected chi connectivity index (χ1v) is 7.54. The quantitative estimate of drug-likeness (QED) is 0.629. The molecule has 20 heavy (non-hydrogen) atoms. The third kappa shape index (κ3) is 3.55. The Morgan fingerprint density at radius 2 is 1.90 bits per heavy atom. The second-order valence-corrected chi connectivity index (χ2v) is 5.90. The minimum atomic E-state index is -0.767. The summed E-state index contributed by atoms with van der Waals surface area (Å²) in [6.07, 6.45) is 8.18. The van der Waals surface area contributed by atoms with E-state index in [1.54, 1.807) is 19.1 Å². The number of hydrazine groups is 1. The molecule has 1 saturated carbocycles. The molecule has 0 heterocycles. The molecule has 1 unspecified atom stereocenters. The molecule has 2 nitrogen and oxygen atoms in total. The van der Waals surface area contributed by atoms with Crippen molar-refractivity contribution in [2.24, 2.45) is 11.8 Å². The van der Waals surface area contributed by atoms with E-state index in [4.69, 9.17) is 5.84 Å². The van der Waals surface area contributed by atoms with E-state index in [2.05, 4.69) is 5.43 Å². The Bertz CT molecular complexity index is 442. The molecule has 0 bridgehead atoms. The van der Waals surface area contributed by atoms with Crippen molar-refractivity contribution in [2.45, 2.75) is 57.9 Å². The van der Waals surface area contributed by atoms with Crippen molar-refractivity contribution in [2.75, 3.05) is 0 Å². The van der Waals surface area contributed by atoms with Crippen molar-refractivity contribution in [3.8, 4) is 0 Å². The van der Waals surface area contributed by atoms with Crippen LogP contribution in [0.25, 0.3) is 0 Å². The van der Waals surface area contributed by atoms with Gasteiger partial charge in [-0.3, -0.25) is 11.3 Å². The molecule has 0 aliphatic heterocycles. The molecular weight excluding hydrogens is 258 g/mol. The van der Waals surface area contributed by atoms with E-state index in [0.29, 0.717) is 17.0 Å². The first kappa shape index (κ1) is 15.4. The third-order valence-electron chi connectivity index (χ3n) is 4.47. The second kappa shape index (κ2) is 7.14. The minimum absolute atomic E-state index is 0.313. The molecule has 3 N–H and O–H groups in total. The van der Waals surface area contributed by atoms with Crippen LogP contribution in [0, 0.1) is 24.5 Å². The fraction of sp³-hybridized carbons (Fsp3) is 0.625. The van der Waals surface area contributed by atoms with Gasteiger partial charge in [-0.05, 0) is 31.2 Å². The summed E-state index contributed by atoms with van der Waals surface area (Å²) in [5.74, 6) is 4.71. The minimum Gasteiger partial charge on any atom is -0.271 e. The van der Waals surface area contributed by atoms with Crippen molar-refractivity contribution < 1.29 is 8.78 Å². The van der Waals surface area contributed by atoms with Crippen LogP contribution >= 0.6 is 0 Å². The highest BCUT2D eigenvalue weighted by molar-refractivity contribution is 5.27. The van der Waals surface area contributed by atoms with Gasteiger partial charge in [-0.1, -0.05) is 44.2 Å². The topological polar surface area (TPSA) is 38.0 Å². The maximum absolute atomic E-state index is 14.0.